The highest BCUT2D eigenvalue weighted by molar-refractivity contribution is 5.94. The van der Waals surface area contributed by atoms with Crippen molar-refractivity contribution in [3.63, 3.8) is 0 Å². The number of hydrogen-bond donors (Lipinski definition) is 2. The molecule has 19 heavy (non-hydrogen) atoms. The Hall–Kier alpha value is -1.55. The van der Waals surface area contributed by atoms with E-state index < -0.39 is 6.04 Å². The first-order valence-electron chi connectivity index (χ1n) is 6.54. The van der Waals surface area contributed by atoms with Gasteiger partial charge in [-0.05, 0) is 51.0 Å². The predicted molar refractivity (Wildman–Crippen MR) is 78.3 cm³/mol. The second kappa shape index (κ2) is 6.06. The maximum absolute atomic E-state index is 11.8. The normalized spacial score (nSPS) is 13.2. The smallest absolute Gasteiger partial charge is 0.241 e. The Balaban J connectivity index is 2.65. The molecule has 3 N–H and O–H groups in total. The zero-order chi connectivity index (χ0) is 14.6. The van der Waals surface area contributed by atoms with Crippen molar-refractivity contribution in [3.8, 4) is 5.75 Å². The maximum Gasteiger partial charge on any atom is 0.241 e. The largest absolute Gasteiger partial charge is 0.488 e. The minimum absolute atomic E-state index is 0.114. The molecule has 1 aromatic carbocycles. The van der Waals surface area contributed by atoms with Crippen LogP contribution in [-0.2, 0) is 4.79 Å². The molecule has 1 rings (SSSR count). The third kappa shape index (κ3) is 5.30. The number of anilines is 1. The molecule has 1 aromatic rings. The van der Waals surface area contributed by atoms with Gasteiger partial charge in [-0.25, -0.2) is 0 Å². The van der Waals surface area contributed by atoms with Crippen LogP contribution in [0.1, 0.15) is 34.6 Å². The molecule has 0 unspecified atom stereocenters. The van der Waals surface area contributed by atoms with Crippen molar-refractivity contribution in [2.75, 3.05) is 5.32 Å². The van der Waals surface area contributed by atoms with E-state index in [1.165, 1.54) is 0 Å². The molecule has 0 spiro atoms. The molecule has 0 aliphatic heterocycles. The standard InChI is InChI=1S/C15H24N2O2/c1-10(2)13(16)14(18)17-11-6-8-12(9-7-11)19-15(3,4)5/h6-10,13H,16H2,1-5H3,(H,17,18)/t13-/m0/s1. The van der Waals surface area contributed by atoms with Gasteiger partial charge < -0.3 is 15.8 Å². The van der Waals surface area contributed by atoms with Crippen LogP contribution in [0.4, 0.5) is 5.69 Å². The quantitative estimate of drug-likeness (QED) is 0.879. The average molecular weight is 264 g/mol. The summed E-state index contributed by atoms with van der Waals surface area (Å²) >= 11 is 0. The van der Waals surface area contributed by atoms with Gasteiger partial charge in [0.15, 0.2) is 0 Å². The van der Waals surface area contributed by atoms with Crippen LogP contribution in [0.3, 0.4) is 0 Å². The lowest BCUT2D eigenvalue weighted by molar-refractivity contribution is -0.118. The van der Waals surface area contributed by atoms with Crippen LogP contribution in [0.2, 0.25) is 0 Å². The van der Waals surface area contributed by atoms with Crippen LogP contribution in [0, 0.1) is 5.92 Å². The highest BCUT2D eigenvalue weighted by Crippen LogP contribution is 2.20. The van der Waals surface area contributed by atoms with Gasteiger partial charge in [-0.2, -0.15) is 0 Å². The summed E-state index contributed by atoms with van der Waals surface area (Å²) in [5.74, 6) is 0.724. The molecule has 1 amide bonds. The van der Waals surface area contributed by atoms with E-state index in [2.05, 4.69) is 5.32 Å². The Bertz CT molecular complexity index is 419. The molecule has 0 aliphatic rings. The number of benzene rings is 1. The van der Waals surface area contributed by atoms with Crippen molar-refractivity contribution >= 4 is 11.6 Å². The van der Waals surface area contributed by atoms with E-state index in [-0.39, 0.29) is 17.4 Å². The van der Waals surface area contributed by atoms with Crippen molar-refractivity contribution in [1.82, 2.24) is 0 Å². The van der Waals surface area contributed by atoms with E-state index in [9.17, 15) is 4.79 Å². The first-order valence-corrected chi connectivity index (χ1v) is 6.54. The van der Waals surface area contributed by atoms with Crippen molar-refractivity contribution in [2.45, 2.75) is 46.3 Å². The van der Waals surface area contributed by atoms with Gasteiger partial charge >= 0.3 is 0 Å². The molecule has 0 aliphatic carbocycles. The Labute approximate surface area is 115 Å². The SMILES string of the molecule is CC(C)[C@H](N)C(=O)Nc1ccc(OC(C)(C)C)cc1. The Morgan fingerprint density at radius 3 is 2.16 bits per heavy atom. The number of nitrogens with two attached hydrogens (primary N) is 1. The van der Waals surface area contributed by atoms with Crippen LogP contribution >= 0.6 is 0 Å². The first kappa shape index (κ1) is 15.5. The average Bonchev–Trinajstić information content (AvgIpc) is 2.28. The van der Waals surface area contributed by atoms with E-state index in [4.69, 9.17) is 10.5 Å². The van der Waals surface area contributed by atoms with Gasteiger partial charge in [0.05, 0.1) is 6.04 Å². The van der Waals surface area contributed by atoms with Gasteiger partial charge in [-0.1, -0.05) is 13.8 Å². The maximum atomic E-state index is 11.8. The second-order valence-electron chi connectivity index (χ2n) is 6.00. The summed E-state index contributed by atoms with van der Waals surface area (Å²) in [5, 5.41) is 2.79. The van der Waals surface area contributed by atoms with Crippen LogP contribution < -0.4 is 15.8 Å². The molecule has 1 atom stereocenters. The topological polar surface area (TPSA) is 64.4 Å². The van der Waals surface area contributed by atoms with Gasteiger partial charge in [0.25, 0.3) is 0 Å². The molecule has 0 saturated heterocycles. The Kier molecular flexibility index (Phi) is 4.95. The van der Waals surface area contributed by atoms with Crippen molar-refractivity contribution in [1.29, 1.82) is 0 Å². The molecule has 0 aromatic heterocycles. The van der Waals surface area contributed by atoms with Crippen LogP contribution in [-0.4, -0.2) is 17.6 Å². The lowest BCUT2D eigenvalue weighted by atomic mass is 10.0. The molecule has 4 nitrogen and oxygen atoms in total. The number of hydrogen-bond acceptors (Lipinski definition) is 3. The molecular formula is C15H24N2O2. The lowest BCUT2D eigenvalue weighted by Crippen LogP contribution is -2.39. The zero-order valence-electron chi connectivity index (χ0n) is 12.4. The summed E-state index contributed by atoms with van der Waals surface area (Å²) in [5.41, 5.74) is 6.28. The second-order valence-corrected chi connectivity index (χ2v) is 6.00. The van der Waals surface area contributed by atoms with Crippen molar-refractivity contribution in [2.24, 2.45) is 11.7 Å². The third-order valence-corrected chi connectivity index (χ3v) is 2.57. The number of ether oxygens (including phenoxy) is 1. The van der Waals surface area contributed by atoms with Crippen molar-refractivity contribution < 1.29 is 9.53 Å². The van der Waals surface area contributed by atoms with Crippen LogP contribution in [0.15, 0.2) is 24.3 Å². The number of carbonyl (C=O) groups is 1. The van der Waals surface area contributed by atoms with Crippen LogP contribution in [0.25, 0.3) is 0 Å². The van der Waals surface area contributed by atoms with Crippen molar-refractivity contribution in [3.05, 3.63) is 24.3 Å². The molecule has 106 valence electrons. The van der Waals surface area contributed by atoms with Gasteiger partial charge in [0.1, 0.15) is 11.4 Å². The molecule has 0 saturated carbocycles. The van der Waals surface area contributed by atoms with E-state index in [0.29, 0.717) is 0 Å². The highest BCUT2D eigenvalue weighted by Gasteiger charge is 2.17. The zero-order valence-corrected chi connectivity index (χ0v) is 12.4. The fourth-order valence-electron chi connectivity index (χ4n) is 1.49. The number of amides is 1. The van der Waals surface area contributed by atoms with E-state index in [1.54, 1.807) is 0 Å². The number of carbonyl (C=O) groups excluding carboxylic acids is 1. The number of nitrogens with one attached hydrogen (secondary N) is 1. The summed E-state index contributed by atoms with van der Waals surface area (Å²) in [6.45, 7) is 9.81. The molecular weight excluding hydrogens is 240 g/mol. The van der Waals surface area contributed by atoms with Gasteiger partial charge in [0.2, 0.25) is 5.91 Å². The van der Waals surface area contributed by atoms with Gasteiger partial charge in [0, 0.05) is 5.69 Å². The van der Waals surface area contributed by atoms with E-state index in [0.717, 1.165) is 11.4 Å². The summed E-state index contributed by atoms with van der Waals surface area (Å²) in [7, 11) is 0. The lowest BCUT2D eigenvalue weighted by Gasteiger charge is -2.21. The monoisotopic (exact) mass is 264 g/mol. The summed E-state index contributed by atoms with van der Waals surface area (Å²) in [6.07, 6.45) is 0. The Morgan fingerprint density at radius 2 is 1.74 bits per heavy atom. The summed E-state index contributed by atoms with van der Waals surface area (Å²) < 4.78 is 5.71. The molecule has 0 bridgehead atoms. The predicted octanol–water partition coefficient (Wildman–Crippen LogP) is 2.79. The van der Waals surface area contributed by atoms with E-state index in [1.807, 2.05) is 58.9 Å². The minimum Gasteiger partial charge on any atom is -0.488 e. The van der Waals surface area contributed by atoms with Crippen LogP contribution in [0.5, 0.6) is 5.75 Å². The molecule has 0 radical (unpaired) electrons. The summed E-state index contributed by atoms with van der Waals surface area (Å²) in [6, 6.07) is 6.80. The molecule has 0 heterocycles. The third-order valence-electron chi connectivity index (χ3n) is 2.57. The molecule has 0 fully saturated rings. The molecule has 4 heteroatoms. The van der Waals surface area contributed by atoms with E-state index >= 15 is 0 Å². The van der Waals surface area contributed by atoms with Gasteiger partial charge in [-0.3, -0.25) is 4.79 Å². The number of rotatable bonds is 4. The fraction of sp³-hybridized carbons (Fsp3) is 0.533. The first-order chi connectivity index (χ1) is 8.69. The fourth-order valence-corrected chi connectivity index (χ4v) is 1.49. The minimum atomic E-state index is -0.495. The summed E-state index contributed by atoms with van der Waals surface area (Å²) in [4.78, 5) is 11.8. The highest BCUT2D eigenvalue weighted by atomic mass is 16.5. The van der Waals surface area contributed by atoms with Gasteiger partial charge in [-0.15, -0.1) is 0 Å². The Morgan fingerprint density at radius 1 is 1.21 bits per heavy atom.